The normalized spacial score (nSPS) is 14.6. The molecule has 0 rings (SSSR count). The van der Waals surface area contributed by atoms with E-state index < -0.39 is 11.3 Å². The molecule has 4 heteroatoms. The summed E-state index contributed by atoms with van der Waals surface area (Å²) < 4.78 is 21.8. The molecule has 3 nitrogen and oxygen atoms in total. The van der Waals surface area contributed by atoms with Crippen LogP contribution in [-0.4, -0.2) is 26.7 Å². The molecular formula is C6H14NO2S-. The van der Waals surface area contributed by atoms with Crippen molar-refractivity contribution >= 4 is 11.3 Å². The van der Waals surface area contributed by atoms with Crippen LogP contribution in [0.1, 0.15) is 20.3 Å². The first-order valence-electron chi connectivity index (χ1n) is 3.34. The van der Waals surface area contributed by atoms with E-state index in [-0.39, 0.29) is 0 Å². The van der Waals surface area contributed by atoms with Crippen LogP contribution in [0.5, 0.6) is 0 Å². The highest BCUT2D eigenvalue weighted by Crippen LogP contribution is 2.00. The van der Waals surface area contributed by atoms with Crippen LogP contribution in [0.2, 0.25) is 0 Å². The average Bonchev–Trinajstić information content (AvgIpc) is 1.82. The monoisotopic (exact) mass is 164 g/mol. The van der Waals surface area contributed by atoms with Crippen molar-refractivity contribution in [2.45, 2.75) is 20.3 Å². The molecule has 0 aliphatic rings. The largest absolute Gasteiger partial charge is 0.760 e. The van der Waals surface area contributed by atoms with Gasteiger partial charge < -0.3 is 4.55 Å². The molecule has 0 fully saturated rings. The van der Waals surface area contributed by atoms with Gasteiger partial charge in [0.05, 0.1) is 0 Å². The molecule has 0 N–H and O–H groups in total. The van der Waals surface area contributed by atoms with E-state index in [1.54, 1.807) is 7.05 Å². The van der Waals surface area contributed by atoms with Crippen molar-refractivity contribution in [3.8, 4) is 0 Å². The summed E-state index contributed by atoms with van der Waals surface area (Å²) in [7, 11) is 1.57. The SMILES string of the molecule is CC(C)CCN(C)S(=O)[O-]. The van der Waals surface area contributed by atoms with Crippen LogP contribution in [-0.2, 0) is 11.3 Å². The molecule has 1 atom stereocenters. The fourth-order valence-electron chi connectivity index (χ4n) is 0.515. The van der Waals surface area contributed by atoms with Gasteiger partial charge in [-0.3, -0.25) is 4.21 Å². The van der Waals surface area contributed by atoms with Gasteiger partial charge in [0.2, 0.25) is 0 Å². The molecular weight excluding hydrogens is 150 g/mol. The predicted molar refractivity (Wildman–Crippen MR) is 41.0 cm³/mol. The zero-order valence-electron chi connectivity index (χ0n) is 6.66. The second kappa shape index (κ2) is 4.82. The summed E-state index contributed by atoms with van der Waals surface area (Å²) in [6.07, 6.45) is 0.921. The zero-order chi connectivity index (χ0) is 8.15. The maximum Gasteiger partial charge on any atom is 0.0206 e. The molecule has 0 aromatic carbocycles. The number of hydrogen-bond acceptors (Lipinski definition) is 2. The maximum absolute atomic E-state index is 10.2. The maximum atomic E-state index is 10.2. The van der Waals surface area contributed by atoms with Crippen molar-refractivity contribution in [1.82, 2.24) is 4.31 Å². The third-order valence-electron chi connectivity index (χ3n) is 1.28. The van der Waals surface area contributed by atoms with Crippen LogP contribution < -0.4 is 0 Å². The minimum atomic E-state index is -2.04. The molecule has 0 amide bonds. The van der Waals surface area contributed by atoms with E-state index in [1.807, 2.05) is 0 Å². The van der Waals surface area contributed by atoms with Crippen molar-refractivity contribution in [3.63, 3.8) is 0 Å². The van der Waals surface area contributed by atoms with Crippen LogP contribution in [0.3, 0.4) is 0 Å². The molecule has 0 radical (unpaired) electrons. The third kappa shape index (κ3) is 4.90. The summed E-state index contributed by atoms with van der Waals surface area (Å²) in [6.45, 7) is 4.76. The van der Waals surface area contributed by atoms with E-state index in [1.165, 1.54) is 4.31 Å². The summed E-state index contributed by atoms with van der Waals surface area (Å²) in [4.78, 5) is 0. The highest BCUT2D eigenvalue weighted by atomic mass is 32.2. The van der Waals surface area contributed by atoms with E-state index in [0.717, 1.165) is 6.42 Å². The van der Waals surface area contributed by atoms with Crippen LogP contribution in [0, 0.1) is 5.92 Å². The Balaban J connectivity index is 3.40. The average molecular weight is 164 g/mol. The topological polar surface area (TPSA) is 43.4 Å². The Morgan fingerprint density at radius 2 is 2.10 bits per heavy atom. The summed E-state index contributed by atoms with van der Waals surface area (Å²) in [5, 5.41) is 0. The predicted octanol–water partition coefficient (Wildman–Crippen LogP) is 0.758. The van der Waals surface area contributed by atoms with Gasteiger partial charge in [0.1, 0.15) is 0 Å². The molecule has 0 aliphatic carbocycles. The first-order valence-corrected chi connectivity index (χ1v) is 4.37. The smallest absolute Gasteiger partial charge is 0.0206 e. The van der Waals surface area contributed by atoms with E-state index in [0.29, 0.717) is 12.5 Å². The van der Waals surface area contributed by atoms with Crippen LogP contribution >= 0.6 is 0 Å². The first-order chi connectivity index (χ1) is 4.54. The highest BCUT2D eigenvalue weighted by Gasteiger charge is 1.98. The number of hydrogen-bond donors (Lipinski definition) is 0. The lowest BCUT2D eigenvalue weighted by Gasteiger charge is -2.19. The first kappa shape index (κ1) is 10.1. The van der Waals surface area contributed by atoms with Gasteiger partial charge >= 0.3 is 0 Å². The minimum absolute atomic E-state index is 0.561. The molecule has 0 saturated heterocycles. The Labute approximate surface area is 64.8 Å². The molecule has 0 aromatic rings. The molecule has 1 unspecified atom stereocenters. The van der Waals surface area contributed by atoms with E-state index in [4.69, 9.17) is 0 Å². The summed E-state index contributed by atoms with van der Waals surface area (Å²) >= 11 is -2.04. The summed E-state index contributed by atoms with van der Waals surface area (Å²) in [5.41, 5.74) is 0. The fraction of sp³-hybridized carbons (Fsp3) is 1.00. The Hall–Kier alpha value is 0.0700. The quantitative estimate of drug-likeness (QED) is 0.576. The lowest BCUT2D eigenvalue weighted by molar-refractivity contribution is 0.405. The van der Waals surface area contributed by atoms with Gasteiger partial charge in [0, 0.05) is 17.8 Å². The van der Waals surface area contributed by atoms with E-state index in [2.05, 4.69) is 13.8 Å². The van der Waals surface area contributed by atoms with Gasteiger partial charge in [-0.1, -0.05) is 13.8 Å². The van der Waals surface area contributed by atoms with Crippen molar-refractivity contribution in [1.29, 1.82) is 0 Å². The van der Waals surface area contributed by atoms with Crippen LogP contribution in [0.25, 0.3) is 0 Å². The number of rotatable bonds is 4. The highest BCUT2D eigenvalue weighted by molar-refractivity contribution is 7.76. The Morgan fingerprint density at radius 3 is 2.40 bits per heavy atom. The van der Waals surface area contributed by atoms with E-state index >= 15 is 0 Å². The van der Waals surface area contributed by atoms with E-state index in [9.17, 15) is 8.76 Å². The van der Waals surface area contributed by atoms with Crippen LogP contribution in [0.15, 0.2) is 0 Å². The lowest BCUT2D eigenvalue weighted by Crippen LogP contribution is -2.22. The van der Waals surface area contributed by atoms with Gasteiger partial charge in [0.25, 0.3) is 0 Å². The van der Waals surface area contributed by atoms with Gasteiger partial charge in [-0.25, -0.2) is 4.31 Å². The molecule has 62 valence electrons. The zero-order valence-corrected chi connectivity index (χ0v) is 7.48. The standard InChI is InChI=1S/C6H15NO2S/c1-6(2)4-5-7(3)10(8)9/h6H,4-5H2,1-3H3,(H,8,9)/p-1. The molecule has 0 bridgehead atoms. The van der Waals surface area contributed by atoms with Gasteiger partial charge in [-0.2, -0.15) is 0 Å². The third-order valence-corrected chi connectivity index (χ3v) is 1.97. The van der Waals surface area contributed by atoms with Gasteiger partial charge in [0.15, 0.2) is 0 Å². The Bertz CT molecular complexity index is 116. The Kier molecular flexibility index (Phi) is 4.85. The molecule has 0 aliphatic heterocycles. The molecule has 0 saturated carbocycles. The molecule has 0 aromatic heterocycles. The van der Waals surface area contributed by atoms with Crippen molar-refractivity contribution in [3.05, 3.63) is 0 Å². The molecule has 10 heavy (non-hydrogen) atoms. The fourth-order valence-corrected chi connectivity index (χ4v) is 0.769. The Morgan fingerprint density at radius 1 is 1.60 bits per heavy atom. The number of nitrogens with zero attached hydrogens (tertiary/aromatic N) is 1. The van der Waals surface area contributed by atoms with Gasteiger partial charge in [-0.05, 0) is 19.4 Å². The minimum Gasteiger partial charge on any atom is -0.760 e. The van der Waals surface area contributed by atoms with Crippen molar-refractivity contribution in [2.24, 2.45) is 5.92 Å². The molecule has 0 heterocycles. The lowest BCUT2D eigenvalue weighted by atomic mass is 10.1. The second-order valence-electron chi connectivity index (χ2n) is 2.75. The van der Waals surface area contributed by atoms with Gasteiger partial charge in [-0.15, -0.1) is 0 Å². The van der Waals surface area contributed by atoms with Crippen molar-refractivity contribution < 1.29 is 8.76 Å². The molecule has 0 spiro atoms. The summed E-state index contributed by atoms with van der Waals surface area (Å²) in [6, 6.07) is 0. The van der Waals surface area contributed by atoms with Crippen molar-refractivity contribution in [2.75, 3.05) is 13.6 Å². The summed E-state index contributed by atoms with van der Waals surface area (Å²) in [5.74, 6) is 0.561. The second-order valence-corrected chi connectivity index (χ2v) is 3.81. The van der Waals surface area contributed by atoms with Crippen LogP contribution in [0.4, 0.5) is 0 Å².